The maximum atomic E-state index is 12.2. The van der Waals surface area contributed by atoms with Crippen molar-refractivity contribution in [1.82, 2.24) is 9.97 Å². The van der Waals surface area contributed by atoms with Crippen molar-refractivity contribution in [1.29, 1.82) is 0 Å². The van der Waals surface area contributed by atoms with E-state index in [1.54, 1.807) is 18.9 Å². The van der Waals surface area contributed by atoms with Crippen LogP contribution < -0.4 is 10.1 Å². The lowest BCUT2D eigenvalue weighted by molar-refractivity contribution is -0.113. The summed E-state index contributed by atoms with van der Waals surface area (Å²) in [5.74, 6) is 1.02. The fourth-order valence-electron chi connectivity index (χ4n) is 2.49. The summed E-state index contributed by atoms with van der Waals surface area (Å²) in [6.07, 6.45) is 0. The minimum atomic E-state index is -0.0824. The highest BCUT2D eigenvalue weighted by Gasteiger charge is 2.07. The summed E-state index contributed by atoms with van der Waals surface area (Å²) >= 11 is 2.98. The Morgan fingerprint density at radius 2 is 1.71 bits per heavy atom. The summed E-state index contributed by atoms with van der Waals surface area (Å²) in [5.41, 5.74) is 2.57. The number of amides is 1. The predicted molar refractivity (Wildman–Crippen MR) is 114 cm³/mol. The van der Waals surface area contributed by atoms with Gasteiger partial charge in [-0.05, 0) is 62.4 Å². The number of aromatic nitrogens is 2. The van der Waals surface area contributed by atoms with Gasteiger partial charge >= 0.3 is 0 Å². The van der Waals surface area contributed by atoms with Crippen molar-refractivity contribution in [2.45, 2.75) is 28.8 Å². The average Bonchev–Trinajstić information content (AvgIpc) is 2.67. The van der Waals surface area contributed by atoms with Crippen molar-refractivity contribution in [2.75, 3.05) is 18.2 Å². The van der Waals surface area contributed by atoms with Gasteiger partial charge < -0.3 is 10.1 Å². The first kappa shape index (κ1) is 20.2. The second kappa shape index (κ2) is 9.61. The zero-order chi connectivity index (χ0) is 19.9. The van der Waals surface area contributed by atoms with E-state index < -0.39 is 0 Å². The first-order valence-electron chi connectivity index (χ1n) is 8.69. The van der Waals surface area contributed by atoms with Crippen LogP contribution in [0.5, 0.6) is 5.75 Å². The molecule has 7 heteroatoms. The van der Waals surface area contributed by atoms with E-state index in [4.69, 9.17) is 4.74 Å². The molecule has 1 amide bonds. The van der Waals surface area contributed by atoms with E-state index in [9.17, 15) is 4.79 Å². The van der Waals surface area contributed by atoms with Gasteiger partial charge in [0.05, 0.1) is 12.9 Å². The van der Waals surface area contributed by atoms with Crippen LogP contribution in [0.15, 0.2) is 69.5 Å². The fourth-order valence-corrected chi connectivity index (χ4v) is 4.11. The standard InChI is InChI=1S/C21H21N3O2S2/c1-14-11-15(2)23-21(22-14)27-13-20(25)24-16-7-9-18(10-8-16)28-19-6-4-5-17(12-19)26-3/h4-12H,13H2,1-3H3,(H,24,25). The van der Waals surface area contributed by atoms with Crippen LogP contribution in [-0.2, 0) is 4.79 Å². The minimum absolute atomic E-state index is 0.0824. The number of hydrogen-bond donors (Lipinski definition) is 1. The third kappa shape index (κ3) is 6.00. The van der Waals surface area contributed by atoms with E-state index in [1.165, 1.54) is 11.8 Å². The Hall–Kier alpha value is -2.51. The molecule has 1 aromatic heterocycles. The summed E-state index contributed by atoms with van der Waals surface area (Å²) in [4.78, 5) is 23.1. The van der Waals surface area contributed by atoms with Gasteiger partial charge in [0.1, 0.15) is 5.75 Å². The highest BCUT2D eigenvalue weighted by Crippen LogP contribution is 2.30. The number of methoxy groups -OCH3 is 1. The van der Waals surface area contributed by atoms with E-state index in [-0.39, 0.29) is 11.7 Å². The van der Waals surface area contributed by atoms with Gasteiger partial charge in [-0.2, -0.15) is 0 Å². The Morgan fingerprint density at radius 1 is 1.00 bits per heavy atom. The maximum Gasteiger partial charge on any atom is 0.234 e. The molecule has 0 aliphatic carbocycles. The highest BCUT2D eigenvalue weighted by molar-refractivity contribution is 7.99. The molecule has 0 unspecified atom stereocenters. The quantitative estimate of drug-likeness (QED) is 0.437. The molecule has 144 valence electrons. The molecule has 0 radical (unpaired) electrons. The smallest absolute Gasteiger partial charge is 0.234 e. The van der Waals surface area contributed by atoms with Crippen molar-refractivity contribution in [3.8, 4) is 5.75 Å². The van der Waals surface area contributed by atoms with E-state index in [1.807, 2.05) is 68.4 Å². The SMILES string of the molecule is COc1cccc(Sc2ccc(NC(=O)CSc3nc(C)cc(C)n3)cc2)c1. The van der Waals surface area contributed by atoms with Crippen LogP contribution in [0.2, 0.25) is 0 Å². The van der Waals surface area contributed by atoms with Crippen molar-refractivity contribution >= 4 is 35.1 Å². The molecule has 0 fully saturated rings. The molecule has 3 aromatic rings. The summed E-state index contributed by atoms with van der Waals surface area (Å²) < 4.78 is 5.25. The number of thioether (sulfide) groups is 1. The van der Waals surface area contributed by atoms with Gasteiger partial charge in [0, 0.05) is 26.9 Å². The summed E-state index contributed by atoms with van der Waals surface area (Å²) in [7, 11) is 1.66. The monoisotopic (exact) mass is 411 g/mol. The second-order valence-electron chi connectivity index (χ2n) is 6.08. The second-order valence-corrected chi connectivity index (χ2v) is 8.16. The minimum Gasteiger partial charge on any atom is -0.497 e. The Labute approximate surface area is 173 Å². The molecule has 5 nitrogen and oxygen atoms in total. The Balaban J connectivity index is 1.53. The van der Waals surface area contributed by atoms with E-state index >= 15 is 0 Å². The molecule has 0 aliphatic rings. The number of hydrogen-bond acceptors (Lipinski definition) is 6. The number of nitrogens with zero attached hydrogens (tertiary/aromatic N) is 2. The van der Waals surface area contributed by atoms with Crippen LogP contribution in [0, 0.1) is 13.8 Å². The van der Waals surface area contributed by atoms with Crippen molar-refractivity contribution in [3.05, 3.63) is 66.0 Å². The van der Waals surface area contributed by atoms with Gasteiger partial charge in [0.25, 0.3) is 0 Å². The van der Waals surface area contributed by atoms with Crippen molar-refractivity contribution in [3.63, 3.8) is 0 Å². The number of benzene rings is 2. The lowest BCUT2D eigenvalue weighted by Crippen LogP contribution is -2.14. The largest absolute Gasteiger partial charge is 0.497 e. The van der Waals surface area contributed by atoms with Crippen molar-refractivity contribution in [2.24, 2.45) is 0 Å². The molecule has 0 aliphatic heterocycles. The molecule has 28 heavy (non-hydrogen) atoms. The maximum absolute atomic E-state index is 12.2. The van der Waals surface area contributed by atoms with E-state index in [0.29, 0.717) is 5.16 Å². The highest BCUT2D eigenvalue weighted by atomic mass is 32.2. The normalized spacial score (nSPS) is 10.5. The Morgan fingerprint density at radius 3 is 2.39 bits per heavy atom. The number of ether oxygens (including phenoxy) is 1. The Bertz CT molecular complexity index is 942. The third-order valence-corrected chi connectivity index (χ3v) is 5.55. The van der Waals surface area contributed by atoms with Gasteiger partial charge in [-0.1, -0.05) is 29.6 Å². The van der Waals surface area contributed by atoms with Crippen LogP contribution in [0.25, 0.3) is 0 Å². The zero-order valence-corrected chi connectivity index (χ0v) is 17.6. The number of rotatable bonds is 7. The van der Waals surface area contributed by atoms with Crippen molar-refractivity contribution < 1.29 is 9.53 Å². The number of nitrogens with one attached hydrogen (secondary N) is 1. The summed E-state index contributed by atoms with van der Waals surface area (Å²) in [6, 6.07) is 17.6. The number of carbonyl (C=O) groups is 1. The molecule has 0 saturated heterocycles. The fraction of sp³-hybridized carbons (Fsp3) is 0.190. The van der Waals surface area contributed by atoms with Crippen LogP contribution in [0.4, 0.5) is 5.69 Å². The van der Waals surface area contributed by atoms with Gasteiger partial charge in [-0.15, -0.1) is 0 Å². The van der Waals surface area contributed by atoms with Crippen LogP contribution in [0.3, 0.4) is 0 Å². The van der Waals surface area contributed by atoms with Crippen LogP contribution in [0.1, 0.15) is 11.4 Å². The molecule has 0 bridgehead atoms. The summed E-state index contributed by atoms with van der Waals surface area (Å²) in [6.45, 7) is 3.84. The zero-order valence-electron chi connectivity index (χ0n) is 15.9. The van der Waals surface area contributed by atoms with Gasteiger partial charge in [0.15, 0.2) is 5.16 Å². The number of aryl methyl sites for hydroxylation is 2. The van der Waals surface area contributed by atoms with Crippen LogP contribution >= 0.6 is 23.5 Å². The summed E-state index contributed by atoms with van der Waals surface area (Å²) in [5, 5.41) is 3.53. The predicted octanol–water partition coefficient (Wildman–Crippen LogP) is 4.98. The third-order valence-electron chi connectivity index (χ3n) is 3.71. The van der Waals surface area contributed by atoms with Gasteiger partial charge in [-0.25, -0.2) is 9.97 Å². The topological polar surface area (TPSA) is 64.1 Å². The molecule has 0 spiro atoms. The number of carbonyl (C=O) groups excluding carboxylic acids is 1. The molecule has 1 heterocycles. The first-order valence-corrected chi connectivity index (χ1v) is 10.5. The number of anilines is 1. The van der Waals surface area contributed by atoms with E-state index in [0.717, 1.165) is 32.6 Å². The molecule has 1 N–H and O–H groups in total. The first-order chi connectivity index (χ1) is 13.5. The lowest BCUT2D eigenvalue weighted by atomic mass is 10.3. The Kier molecular flexibility index (Phi) is 6.95. The molecule has 3 rings (SSSR count). The molecule has 2 aromatic carbocycles. The average molecular weight is 412 g/mol. The molecule has 0 atom stereocenters. The van der Waals surface area contributed by atoms with Gasteiger partial charge in [0.2, 0.25) is 5.91 Å². The molecular formula is C21H21N3O2S2. The molecular weight excluding hydrogens is 390 g/mol. The lowest BCUT2D eigenvalue weighted by Gasteiger charge is -2.07. The van der Waals surface area contributed by atoms with Gasteiger partial charge in [-0.3, -0.25) is 4.79 Å². The van der Waals surface area contributed by atoms with E-state index in [2.05, 4.69) is 15.3 Å². The van der Waals surface area contributed by atoms with Crippen LogP contribution in [-0.4, -0.2) is 28.7 Å². The molecule has 0 saturated carbocycles.